The highest BCUT2D eigenvalue weighted by molar-refractivity contribution is 6.31. The summed E-state index contributed by atoms with van der Waals surface area (Å²) in [6.07, 6.45) is 0. The van der Waals surface area contributed by atoms with E-state index in [0.29, 0.717) is 33.2 Å². The number of nitrogens with zero attached hydrogens (tertiary/aromatic N) is 2. The molecule has 0 fully saturated rings. The Morgan fingerprint density at radius 2 is 2.00 bits per heavy atom. The lowest BCUT2D eigenvalue weighted by Crippen LogP contribution is -1.98. The highest BCUT2D eigenvalue weighted by Gasteiger charge is 2.17. The van der Waals surface area contributed by atoms with Gasteiger partial charge in [0.25, 0.3) is 0 Å². The molecule has 1 aromatic carbocycles. The molecule has 2 rings (SSSR count). The lowest BCUT2D eigenvalue weighted by Gasteiger charge is -2.09. The van der Waals surface area contributed by atoms with Gasteiger partial charge in [-0.05, 0) is 31.0 Å². The number of anilines is 1. The highest BCUT2D eigenvalue weighted by atomic mass is 35.5. The first-order valence-corrected chi connectivity index (χ1v) is 5.54. The minimum atomic E-state index is -0.301. The smallest absolute Gasteiger partial charge is 0.135 e. The van der Waals surface area contributed by atoms with Crippen molar-refractivity contribution >= 4 is 17.4 Å². The third kappa shape index (κ3) is 1.89. The fourth-order valence-corrected chi connectivity index (χ4v) is 2.01. The number of rotatable bonds is 1. The topological polar surface area (TPSA) is 43.8 Å². The van der Waals surface area contributed by atoms with Gasteiger partial charge in [-0.1, -0.05) is 11.6 Å². The summed E-state index contributed by atoms with van der Waals surface area (Å²) in [7, 11) is 1.71. The van der Waals surface area contributed by atoms with Crippen molar-refractivity contribution < 1.29 is 4.39 Å². The Bertz CT molecular complexity index is 544. The van der Waals surface area contributed by atoms with Gasteiger partial charge in [0.05, 0.1) is 5.69 Å². The van der Waals surface area contributed by atoms with E-state index in [1.54, 1.807) is 33.0 Å². The Morgan fingerprint density at radius 3 is 2.53 bits per heavy atom. The molecule has 1 aromatic heterocycles. The van der Waals surface area contributed by atoms with Gasteiger partial charge in [-0.2, -0.15) is 5.10 Å². The molecular weight excluding hydrogens is 241 g/mol. The van der Waals surface area contributed by atoms with Gasteiger partial charge in [-0.3, -0.25) is 4.68 Å². The quantitative estimate of drug-likeness (QED) is 0.849. The molecule has 2 N–H and O–H groups in total. The number of nitrogen functional groups attached to an aromatic ring is 1. The average Bonchev–Trinajstić information content (AvgIpc) is 2.57. The van der Waals surface area contributed by atoms with Crippen molar-refractivity contribution in [1.82, 2.24) is 9.78 Å². The van der Waals surface area contributed by atoms with Crippen molar-refractivity contribution in [3.8, 4) is 11.3 Å². The minimum absolute atomic E-state index is 0.301. The molecule has 3 nitrogen and oxygen atoms in total. The zero-order chi connectivity index (χ0) is 12.7. The van der Waals surface area contributed by atoms with E-state index in [1.165, 1.54) is 4.68 Å². The van der Waals surface area contributed by atoms with Crippen LogP contribution in [0.1, 0.15) is 11.1 Å². The normalized spacial score (nSPS) is 10.9. The van der Waals surface area contributed by atoms with Crippen LogP contribution < -0.4 is 5.73 Å². The molecule has 0 aliphatic heterocycles. The third-order valence-electron chi connectivity index (χ3n) is 2.81. The van der Waals surface area contributed by atoms with Crippen LogP contribution in [-0.4, -0.2) is 9.78 Å². The highest BCUT2D eigenvalue weighted by Crippen LogP contribution is 2.33. The summed E-state index contributed by atoms with van der Waals surface area (Å²) in [6.45, 7) is 3.45. The molecular formula is C12H13ClFN3. The van der Waals surface area contributed by atoms with Crippen molar-refractivity contribution in [2.24, 2.45) is 7.05 Å². The van der Waals surface area contributed by atoms with Crippen LogP contribution in [-0.2, 0) is 7.05 Å². The molecule has 0 aliphatic carbocycles. The van der Waals surface area contributed by atoms with E-state index in [0.717, 1.165) is 0 Å². The number of hydrogen-bond donors (Lipinski definition) is 1. The second-order valence-electron chi connectivity index (χ2n) is 4.07. The lowest BCUT2D eigenvalue weighted by atomic mass is 10.0. The number of halogens is 2. The summed E-state index contributed by atoms with van der Waals surface area (Å²) in [5, 5.41) is 4.71. The van der Waals surface area contributed by atoms with Gasteiger partial charge in [0, 0.05) is 23.7 Å². The molecule has 90 valence electrons. The molecule has 0 radical (unpaired) electrons. The van der Waals surface area contributed by atoms with E-state index < -0.39 is 0 Å². The van der Waals surface area contributed by atoms with Crippen LogP contribution in [0, 0.1) is 19.7 Å². The van der Waals surface area contributed by atoms with Gasteiger partial charge in [-0.15, -0.1) is 0 Å². The fraction of sp³-hybridized carbons (Fsp3) is 0.250. The zero-order valence-corrected chi connectivity index (χ0v) is 10.6. The van der Waals surface area contributed by atoms with Crippen molar-refractivity contribution in [3.63, 3.8) is 0 Å². The van der Waals surface area contributed by atoms with Crippen molar-refractivity contribution in [2.75, 3.05) is 5.73 Å². The van der Waals surface area contributed by atoms with Crippen LogP contribution in [0.2, 0.25) is 5.02 Å². The van der Waals surface area contributed by atoms with Crippen LogP contribution in [0.5, 0.6) is 0 Å². The summed E-state index contributed by atoms with van der Waals surface area (Å²) in [4.78, 5) is 0. The summed E-state index contributed by atoms with van der Waals surface area (Å²) in [6, 6.07) is 3.25. The van der Waals surface area contributed by atoms with Gasteiger partial charge in [-0.25, -0.2) is 4.39 Å². The van der Waals surface area contributed by atoms with Crippen LogP contribution >= 0.6 is 11.6 Å². The third-order valence-corrected chi connectivity index (χ3v) is 3.21. The minimum Gasteiger partial charge on any atom is -0.384 e. The Hall–Kier alpha value is -1.55. The Labute approximate surface area is 104 Å². The average molecular weight is 254 g/mol. The summed E-state index contributed by atoms with van der Waals surface area (Å²) >= 11 is 6.06. The first kappa shape index (κ1) is 11.9. The predicted molar refractivity (Wildman–Crippen MR) is 67.5 cm³/mol. The molecule has 0 bridgehead atoms. The molecule has 0 saturated heterocycles. The predicted octanol–water partition coefficient (Wildman–Crippen LogP) is 3.08. The maximum absolute atomic E-state index is 14.1. The molecule has 0 spiro atoms. The molecule has 0 saturated carbocycles. The van der Waals surface area contributed by atoms with E-state index >= 15 is 0 Å². The summed E-state index contributed by atoms with van der Waals surface area (Å²) in [5.41, 5.74) is 7.80. The second-order valence-corrected chi connectivity index (χ2v) is 4.47. The molecule has 5 heteroatoms. The number of hydrogen-bond acceptors (Lipinski definition) is 2. The van der Waals surface area contributed by atoms with Gasteiger partial charge >= 0.3 is 0 Å². The number of aryl methyl sites for hydroxylation is 2. The van der Waals surface area contributed by atoms with Gasteiger partial charge in [0.2, 0.25) is 0 Å². The molecule has 17 heavy (non-hydrogen) atoms. The SMILES string of the molecule is Cc1cc(Cl)c(C)c(-c2cc(N)n(C)n2)c1F. The first-order valence-electron chi connectivity index (χ1n) is 5.17. The fourth-order valence-electron chi connectivity index (χ4n) is 1.75. The molecule has 1 heterocycles. The Morgan fingerprint density at radius 1 is 1.35 bits per heavy atom. The monoisotopic (exact) mass is 253 g/mol. The van der Waals surface area contributed by atoms with Crippen LogP contribution in [0.4, 0.5) is 10.2 Å². The van der Waals surface area contributed by atoms with Crippen molar-refractivity contribution in [3.05, 3.63) is 34.1 Å². The zero-order valence-electron chi connectivity index (χ0n) is 9.88. The Kier molecular flexibility index (Phi) is 2.83. The first-order chi connectivity index (χ1) is 7.91. The van der Waals surface area contributed by atoms with Crippen molar-refractivity contribution in [1.29, 1.82) is 0 Å². The van der Waals surface area contributed by atoms with E-state index in [9.17, 15) is 4.39 Å². The second kappa shape index (κ2) is 4.04. The van der Waals surface area contributed by atoms with Crippen LogP contribution in [0.25, 0.3) is 11.3 Å². The molecule has 2 aromatic rings. The van der Waals surface area contributed by atoms with Crippen LogP contribution in [0.15, 0.2) is 12.1 Å². The molecule has 0 amide bonds. The standard InChI is InChI=1S/C12H13ClFN3/c1-6-4-8(13)7(2)11(12(6)14)9-5-10(15)17(3)16-9/h4-5H,15H2,1-3H3. The molecule has 0 atom stereocenters. The van der Waals surface area contributed by atoms with Crippen LogP contribution in [0.3, 0.4) is 0 Å². The van der Waals surface area contributed by atoms with Gasteiger partial charge in [0.1, 0.15) is 11.6 Å². The lowest BCUT2D eigenvalue weighted by molar-refractivity contribution is 0.619. The van der Waals surface area contributed by atoms with E-state index in [2.05, 4.69) is 5.10 Å². The van der Waals surface area contributed by atoms with E-state index in [1.807, 2.05) is 0 Å². The number of nitrogens with two attached hydrogens (primary N) is 1. The van der Waals surface area contributed by atoms with Gasteiger partial charge < -0.3 is 5.73 Å². The maximum Gasteiger partial charge on any atom is 0.135 e. The largest absolute Gasteiger partial charge is 0.384 e. The maximum atomic E-state index is 14.1. The van der Waals surface area contributed by atoms with E-state index in [4.69, 9.17) is 17.3 Å². The summed E-state index contributed by atoms with van der Waals surface area (Å²) < 4.78 is 15.6. The van der Waals surface area contributed by atoms with E-state index in [-0.39, 0.29) is 5.82 Å². The van der Waals surface area contributed by atoms with Crippen molar-refractivity contribution in [2.45, 2.75) is 13.8 Å². The number of benzene rings is 1. The summed E-state index contributed by atoms with van der Waals surface area (Å²) in [5.74, 6) is 0.182. The number of aromatic nitrogens is 2. The van der Waals surface area contributed by atoms with Gasteiger partial charge in [0.15, 0.2) is 0 Å². The molecule has 0 unspecified atom stereocenters. The Balaban J connectivity index is 2.74. The molecule has 0 aliphatic rings.